The van der Waals surface area contributed by atoms with E-state index in [1.165, 1.54) is 62.5 Å². The Morgan fingerprint density at radius 2 is 1.62 bits per heavy atom. The van der Waals surface area contributed by atoms with Crippen LogP contribution in [0.2, 0.25) is 0 Å². The van der Waals surface area contributed by atoms with Gasteiger partial charge >= 0.3 is 0 Å². The zero-order valence-corrected chi connectivity index (χ0v) is 16.2. The second-order valence-electron chi connectivity index (χ2n) is 8.54. The zero-order chi connectivity index (χ0) is 17.4. The lowest BCUT2D eigenvalue weighted by Gasteiger charge is -2.28. The van der Waals surface area contributed by atoms with E-state index in [1.807, 2.05) is 0 Å². The number of hydrogen-bond donors (Lipinski definition) is 1. The summed E-state index contributed by atoms with van der Waals surface area (Å²) in [6, 6.07) is 9.32. The molecular formula is C23H38O. The first-order valence-electron chi connectivity index (χ1n) is 10.3. The normalized spacial score (nSPS) is 21.8. The van der Waals surface area contributed by atoms with Crippen LogP contribution in [0.3, 0.4) is 0 Å². The molecule has 1 aromatic rings. The third-order valence-corrected chi connectivity index (χ3v) is 5.97. The number of unbranched alkanes of at least 4 members (excludes halogenated alkanes) is 5. The summed E-state index contributed by atoms with van der Waals surface area (Å²) in [6.07, 6.45) is 13.7. The van der Waals surface area contributed by atoms with Crippen molar-refractivity contribution in [3.63, 3.8) is 0 Å². The highest BCUT2D eigenvalue weighted by Gasteiger charge is 2.23. The van der Waals surface area contributed by atoms with E-state index >= 15 is 0 Å². The minimum atomic E-state index is -0.0902. The largest absolute Gasteiger partial charge is 0.393 e. The maximum atomic E-state index is 9.90. The molecule has 0 aromatic heterocycles. The fourth-order valence-electron chi connectivity index (χ4n) is 4.16. The summed E-state index contributed by atoms with van der Waals surface area (Å²) in [4.78, 5) is 0. The van der Waals surface area contributed by atoms with Gasteiger partial charge in [-0.2, -0.15) is 0 Å². The smallest absolute Gasteiger partial charge is 0.0546 e. The van der Waals surface area contributed by atoms with E-state index in [-0.39, 0.29) is 11.5 Å². The van der Waals surface area contributed by atoms with Crippen LogP contribution >= 0.6 is 0 Å². The van der Waals surface area contributed by atoms with Crippen LogP contribution in [-0.4, -0.2) is 11.2 Å². The first-order valence-corrected chi connectivity index (χ1v) is 10.3. The van der Waals surface area contributed by atoms with E-state index in [2.05, 4.69) is 45.0 Å². The second kappa shape index (κ2) is 9.61. The van der Waals surface area contributed by atoms with E-state index in [0.29, 0.717) is 5.92 Å². The van der Waals surface area contributed by atoms with Crippen LogP contribution in [0.1, 0.15) is 108 Å². The maximum absolute atomic E-state index is 9.90. The van der Waals surface area contributed by atoms with Crippen molar-refractivity contribution in [2.75, 3.05) is 0 Å². The summed E-state index contributed by atoms with van der Waals surface area (Å²) in [5.41, 5.74) is 3.17. The monoisotopic (exact) mass is 330 g/mol. The quantitative estimate of drug-likeness (QED) is 0.497. The van der Waals surface area contributed by atoms with Crippen LogP contribution in [0.25, 0.3) is 0 Å². The molecule has 1 aliphatic carbocycles. The van der Waals surface area contributed by atoms with Crippen molar-refractivity contribution >= 4 is 0 Å². The highest BCUT2D eigenvalue weighted by atomic mass is 16.3. The number of aliphatic hydroxyl groups is 1. The molecule has 24 heavy (non-hydrogen) atoms. The van der Waals surface area contributed by atoms with Gasteiger partial charge < -0.3 is 5.11 Å². The van der Waals surface area contributed by atoms with Gasteiger partial charge in [0.05, 0.1) is 6.10 Å². The molecule has 0 heterocycles. The molecule has 1 N–H and O–H groups in total. The van der Waals surface area contributed by atoms with Gasteiger partial charge in [-0.05, 0) is 48.1 Å². The number of hydrogen-bond acceptors (Lipinski definition) is 1. The highest BCUT2D eigenvalue weighted by Crippen LogP contribution is 2.35. The Morgan fingerprint density at radius 3 is 2.29 bits per heavy atom. The first kappa shape index (κ1) is 19.5. The van der Waals surface area contributed by atoms with Crippen LogP contribution in [0.4, 0.5) is 0 Å². The molecule has 0 spiro atoms. The Labute approximate surface area is 149 Å². The fraction of sp³-hybridized carbons (Fsp3) is 0.739. The molecule has 0 bridgehead atoms. The standard InChI is InChI=1S/C23H38O/c1-4-5-6-7-8-9-17-23(2,3)21-15-13-19(14-16-21)20-11-10-12-22(24)18-20/h13-16,20,22,24H,4-12,17-18H2,1-3H3/t20-,22+/m0/s1. The van der Waals surface area contributed by atoms with Gasteiger partial charge in [0.25, 0.3) is 0 Å². The number of rotatable bonds is 9. The Morgan fingerprint density at radius 1 is 0.958 bits per heavy atom. The number of aliphatic hydroxyl groups excluding tert-OH is 1. The SMILES string of the molecule is CCCCCCCCC(C)(C)c1ccc([C@H]2CCC[C@@H](O)C2)cc1. The van der Waals surface area contributed by atoms with Crippen molar-refractivity contribution in [3.05, 3.63) is 35.4 Å². The van der Waals surface area contributed by atoms with Crippen molar-refractivity contribution in [1.82, 2.24) is 0 Å². The van der Waals surface area contributed by atoms with Crippen LogP contribution in [-0.2, 0) is 5.41 Å². The van der Waals surface area contributed by atoms with Gasteiger partial charge in [-0.1, -0.05) is 90.0 Å². The molecule has 136 valence electrons. The first-order chi connectivity index (χ1) is 11.5. The van der Waals surface area contributed by atoms with Crippen molar-refractivity contribution in [3.8, 4) is 0 Å². The maximum Gasteiger partial charge on any atom is 0.0546 e. The lowest BCUT2D eigenvalue weighted by Crippen LogP contribution is -2.19. The molecule has 0 saturated heterocycles. The summed E-state index contributed by atoms with van der Waals surface area (Å²) in [6.45, 7) is 7.05. The van der Waals surface area contributed by atoms with E-state index in [0.717, 1.165) is 19.3 Å². The van der Waals surface area contributed by atoms with Gasteiger partial charge in [0.1, 0.15) is 0 Å². The van der Waals surface area contributed by atoms with E-state index < -0.39 is 0 Å². The molecule has 1 aromatic carbocycles. The predicted molar refractivity (Wildman–Crippen MR) is 105 cm³/mol. The molecule has 0 unspecified atom stereocenters. The van der Waals surface area contributed by atoms with Crippen molar-refractivity contribution < 1.29 is 5.11 Å². The lowest BCUT2D eigenvalue weighted by atomic mass is 9.78. The molecular weight excluding hydrogens is 292 g/mol. The second-order valence-corrected chi connectivity index (χ2v) is 8.54. The minimum absolute atomic E-state index is 0.0902. The van der Waals surface area contributed by atoms with Gasteiger partial charge in [-0.25, -0.2) is 0 Å². The molecule has 1 aliphatic rings. The third kappa shape index (κ3) is 5.92. The minimum Gasteiger partial charge on any atom is -0.393 e. The summed E-state index contributed by atoms with van der Waals surface area (Å²) in [5, 5.41) is 9.90. The molecule has 2 atom stereocenters. The average molecular weight is 331 g/mol. The highest BCUT2D eigenvalue weighted by molar-refractivity contribution is 5.30. The Hall–Kier alpha value is -0.820. The van der Waals surface area contributed by atoms with Crippen molar-refractivity contribution in [2.24, 2.45) is 0 Å². The fourth-order valence-corrected chi connectivity index (χ4v) is 4.16. The molecule has 0 radical (unpaired) electrons. The van der Waals surface area contributed by atoms with Gasteiger partial charge in [0, 0.05) is 0 Å². The van der Waals surface area contributed by atoms with Gasteiger partial charge in [-0.15, -0.1) is 0 Å². The summed E-state index contributed by atoms with van der Waals surface area (Å²) >= 11 is 0. The topological polar surface area (TPSA) is 20.2 Å². The van der Waals surface area contributed by atoms with E-state index in [1.54, 1.807) is 0 Å². The Kier molecular flexibility index (Phi) is 7.81. The van der Waals surface area contributed by atoms with Crippen LogP contribution < -0.4 is 0 Å². The van der Waals surface area contributed by atoms with E-state index in [9.17, 15) is 5.11 Å². The molecule has 1 fully saturated rings. The van der Waals surface area contributed by atoms with Crippen molar-refractivity contribution in [1.29, 1.82) is 0 Å². The third-order valence-electron chi connectivity index (χ3n) is 5.97. The molecule has 0 amide bonds. The molecule has 1 saturated carbocycles. The predicted octanol–water partition coefficient (Wildman–Crippen LogP) is 6.73. The van der Waals surface area contributed by atoms with Crippen molar-refractivity contribution in [2.45, 2.75) is 109 Å². The number of benzene rings is 1. The van der Waals surface area contributed by atoms with E-state index in [4.69, 9.17) is 0 Å². The summed E-state index contributed by atoms with van der Waals surface area (Å²) in [7, 11) is 0. The van der Waals surface area contributed by atoms with Crippen LogP contribution in [0.5, 0.6) is 0 Å². The average Bonchev–Trinajstić information content (AvgIpc) is 2.58. The summed E-state index contributed by atoms with van der Waals surface area (Å²) < 4.78 is 0. The van der Waals surface area contributed by atoms with Crippen LogP contribution in [0, 0.1) is 0 Å². The summed E-state index contributed by atoms with van der Waals surface area (Å²) in [5.74, 6) is 0.560. The molecule has 1 heteroatoms. The molecule has 1 nitrogen and oxygen atoms in total. The van der Waals surface area contributed by atoms with Crippen LogP contribution in [0.15, 0.2) is 24.3 Å². The lowest BCUT2D eigenvalue weighted by molar-refractivity contribution is 0.119. The Balaban J connectivity index is 1.84. The van der Waals surface area contributed by atoms with Gasteiger partial charge in [0.2, 0.25) is 0 Å². The molecule has 2 rings (SSSR count). The zero-order valence-electron chi connectivity index (χ0n) is 16.2. The Bertz CT molecular complexity index is 459. The van der Waals surface area contributed by atoms with Gasteiger partial charge in [0.15, 0.2) is 0 Å². The molecule has 0 aliphatic heterocycles. The van der Waals surface area contributed by atoms with Gasteiger partial charge in [-0.3, -0.25) is 0 Å².